The summed E-state index contributed by atoms with van der Waals surface area (Å²) < 4.78 is 0. The fraction of sp³-hybridized carbons (Fsp3) is 0. The van der Waals surface area contributed by atoms with Gasteiger partial charge in [0, 0.05) is 29.9 Å². The van der Waals surface area contributed by atoms with Crippen LogP contribution in [0.3, 0.4) is 0 Å². The number of hydrogen-bond donors (Lipinski definition) is 1. The maximum Gasteiger partial charge on any atom is 0.0992 e. The summed E-state index contributed by atoms with van der Waals surface area (Å²) in [5.74, 6) is 0. The quantitative estimate of drug-likeness (QED) is 0.644. The number of nitrogens with zero attached hydrogens (tertiary/aromatic N) is 2. The molecule has 0 saturated heterocycles. The zero-order valence-corrected chi connectivity index (χ0v) is 6.86. The maximum absolute atomic E-state index is 8.68. The summed E-state index contributed by atoms with van der Waals surface area (Å²) in [7, 11) is 0. The van der Waals surface area contributed by atoms with Crippen molar-refractivity contribution in [1.29, 1.82) is 5.26 Å². The maximum atomic E-state index is 8.68. The third-order valence-corrected chi connectivity index (χ3v) is 1.80. The molecule has 1 heterocycles. The molecule has 3 nitrogen and oxygen atoms in total. The highest BCUT2D eigenvalue weighted by molar-refractivity contribution is 5.89. The van der Waals surface area contributed by atoms with Crippen LogP contribution in [-0.2, 0) is 0 Å². The van der Waals surface area contributed by atoms with Crippen molar-refractivity contribution in [1.82, 2.24) is 0 Å². The lowest BCUT2D eigenvalue weighted by molar-refractivity contribution is 1.47. The van der Waals surface area contributed by atoms with Crippen molar-refractivity contribution in [2.24, 2.45) is 4.99 Å². The van der Waals surface area contributed by atoms with Crippen LogP contribution in [0.4, 0.5) is 5.69 Å². The molecule has 0 atom stereocenters. The molecule has 1 aliphatic heterocycles. The van der Waals surface area contributed by atoms with E-state index in [2.05, 4.69) is 16.4 Å². The Labute approximate surface area is 76.0 Å². The smallest absolute Gasteiger partial charge is 0.0992 e. The van der Waals surface area contributed by atoms with E-state index in [1.54, 1.807) is 30.7 Å². The lowest BCUT2D eigenvalue weighted by Crippen LogP contribution is -1.92. The van der Waals surface area contributed by atoms with E-state index >= 15 is 0 Å². The van der Waals surface area contributed by atoms with Crippen molar-refractivity contribution in [2.45, 2.75) is 0 Å². The third-order valence-electron chi connectivity index (χ3n) is 1.80. The Balaban J connectivity index is 2.53. The summed E-state index contributed by atoms with van der Waals surface area (Å²) in [5.41, 5.74) is 2.55. The van der Waals surface area contributed by atoms with Crippen LogP contribution >= 0.6 is 0 Å². The minimum atomic E-state index is 0.648. The Morgan fingerprint density at radius 2 is 2.31 bits per heavy atom. The van der Waals surface area contributed by atoms with Crippen LogP contribution < -0.4 is 5.32 Å². The fourth-order valence-electron chi connectivity index (χ4n) is 1.16. The van der Waals surface area contributed by atoms with Crippen LogP contribution in [-0.4, -0.2) is 6.21 Å². The zero-order valence-electron chi connectivity index (χ0n) is 6.86. The number of hydrogen-bond acceptors (Lipinski definition) is 3. The van der Waals surface area contributed by atoms with Crippen molar-refractivity contribution in [3.63, 3.8) is 0 Å². The first kappa shape index (κ1) is 7.56. The molecule has 0 saturated carbocycles. The van der Waals surface area contributed by atoms with E-state index in [-0.39, 0.29) is 0 Å². The van der Waals surface area contributed by atoms with Crippen LogP contribution in [0.5, 0.6) is 0 Å². The molecule has 0 spiro atoms. The second kappa shape index (κ2) is 3.11. The number of rotatable bonds is 0. The molecule has 1 aromatic rings. The summed E-state index contributed by atoms with van der Waals surface area (Å²) >= 11 is 0. The summed E-state index contributed by atoms with van der Waals surface area (Å²) in [6.45, 7) is 0. The molecule has 1 aromatic carbocycles. The molecule has 1 aliphatic rings. The number of nitrogens with one attached hydrogen (secondary N) is 1. The molecule has 3 heteroatoms. The van der Waals surface area contributed by atoms with E-state index in [0.29, 0.717) is 5.56 Å². The second-order valence-corrected chi connectivity index (χ2v) is 2.65. The van der Waals surface area contributed by atoms with Crippen molar-refractivity contribution >= 4 is 11.9 Å². The first-order chi connectivity index (χ1) is 6.40. The molecule has 0 fully saturated rings. The van der Waals surface area contributed by atoms with Gasteiger partial charge >= 0.3 is 0 Å². The predicted octanol–water partition coefficient (Wildman–Crippen LogP) is 1.87. The van der Waals surface area contributed by atoms with Gasteiger partial charge in [-0.2, -0.15) is 5.26 Å². The van der Waals surface area contributed by atoms with Gasteiger partial charge < -0.3 is 5.32 Å². The van der Waals surface area contributed by atoms with Crippen LogP contribution in [0.2, 0.25) is 0 Å². The van der Waals surface area contributed by atoms with Crippen molar-refractivity contribution in [3.8, 4) is 6.07 Å². The number of fused-ring (bicyclic) bond motifs is 1. The molecule has 0 aliphatic carbocycles. The molecule has 0 unspecified atom stereocenters. The van der Waals surface area contributed by atoms with E-state index < -0.39 is 0 Å². The Hall–Kier alpha value is -2.08. The molecule has 13 heavy (non-hydrogen) atoms. The van der Waals surface area contributed by atoms with Crippen LogP contribution in [0, 0.1) is 11.3 Å². The summed E-state index contributed by atoms with van der Waals surface area (Å²) in [5, 5.41) is 11.7. The molecule has 2 rings (SSSR count). The number of anilines is 1. The molecular weight excluding hydrogens is 162 g/mol. The highest BCUT2D eigenvalue weighted by Crippen LogP contribution is 2.17. The van der Waals surface area contributed by atoms with E-state index in [4.69, 9.17) is 5.26 Å². The average Bonchev–Trinajstić information content (AvgIpc) is 2.41. The van der Waals surface area contributed by atoms with Crippen molar-refractivity contribution in [2.75, 3.05) is 5.32 Å². The third kappa shape index (κ3) is 1.42. The fourth-order valence-corrected chi connectivity index (χ4v) is 1.16. The van der Waals surface area contributed by atoms with Gasteiger partial charge in [0.2, 0.25) is 0 Å². The Morgan fingerprint density at radius 3 is 3.15 bits per heavy atom. The van der Waals surface area contributed by atoms with Gasteiger partial charge in [0.1, 0.15) is 0 Å². The molecule has 0 aromatic heterocycles. The molecule has 0 radical (unpaired) electrons. The normalized spacial score (nSPS) is 12.5. The summed E-state index contributed by atoms with van der Waals surface area (Å²) in [6.07, 6.45) is 5.17. The minimum absolute atomic E-state index is 0.648. The first-order valence-electron chi connectivity index (χ1n) is 3.89. The molecular formula is C10H7N3. The SMILES string of the molecule is N#Cc1ccc2c(c1)NC=CN=C2. The first-order valence-corrected chi connectivity index (χ1v) is 3.89. The van der Waals surface area contributed by atoms with Crippen molar-refractivity contribution < 1.29 is 0 Å². The van der Waals surface area contributed by atoms with Gasteiger partial charge in [0.05, 0.1) is 11.6 Å². The van der Waals surface area contributed by atoms with Crippen LogP contribution in [0.15, 0.2) is 35.6 Å². The van der Waals surface area contributed by atoms with E-state index in [0.717, 1.165) is 11.3 Å². The number of benzene rings is 1. The highest BCUT2D eigenvalue weighted by Gasteiger charge is 2.01. The van der Waals surface area contributed by atoms with Crippen molar-refractivity contribution in [3.05, 3.63) is 41.7 Å². The molecule has 0 amide bonds. The summed E-state index contributed by atoms with van der Waals surface area (Å²) in [4.78, 5) is 4.02. The van der Waals surface area contributed by atoms with Gasteiger partial charge in [-0.3, -0.25) is 4.99 Å². The largest absolute Gasteiger partial charge is 0.360 e. The minimum Gasteiger partial charge on any atom is -0.360 e. The van der Waals surface area contributed by atoms with Gasteiger partial charge in [-0.1, -0.05) is 6.07 Å². The van der Waals surface area contributed by atoms with Gasteiger partial charge in [0.25, 0.3) is 0 Å². The standard InChI is InChI=1S/C10H7N3/c11-6-8-1-2-9-7-12-3-4-13-10(9)5-8/h1-5,7,13H. The van der Waals surface area contributed by atoms with Gasteiger partial charge in [0.15, 0.2) is 0 Å². The zero-order chi connectivity index (χ0) is 9.10. The Bertz CT molecular complexity index is 424. The molecule has 62 valence electrons. The number of aliphatic imine (C=N–C) groups is 1. The van der Waals surface area contributed by atoms with E-state index in [1.165, 1.54) is 0 Å². The van der Waals surface area contributed by atoms with E-state index in [9.17, 15) is 0 Å². The second-order valence-electron chi connectivity index (χ2n) is 2.65. The lowest BCUT2D eigenvalue weighted by Gasteiger charge is -2.03. The van der Waals surface area contributed by atoms with Gasteiger partial charge in [-0.15, -0.1) is 0 Å². The molecule has 1 N–H and O–H groups in total. The summed E-state index contributed by atoms with van der Waals surface area (Å²) in [6, 6.07) is 7.54. The molecule has 0 bridgehead atoms. The van der Waals surface area contributed by atoms with Gasteiger partial charge in [-0.05, 0) is 12.1 Å². The Kier molecular flexibility index (Phi) is 1.81. The topological polar surface area (TPSA) is 48.2 Å². The van der Waals surface area contributed by atoms with E-state index in [1.807, 2.05) is 6.07 Å². The van der Waals surface area contributed by atoms with Gasteiger partial charge in [-0.25, -0.2) is 0 Å². The van der Waals surface area contributed by atoms with Crippen LogP contribution in [0.1, 0.15) is 11.1 Å². The lowest BCUT2D eigenvalue weighted by atomic mass is 10.1. The monoisotopic (exact) mass is 169 g/mol. The highest BCUT2D eigenvalue weighted by atomic mass is 14.9. The van der Waals surface area contributed by atoms with Crippen LogP contribution in [0.25, 0.3) is 0 Å². The average molecular weight is 169 g/mol. The predicted molar refractivity (Wildman–Crippen MR) is 51.5 cm³/mol. The number of nitriles is 1. The Morgan fingerprint density at radius 1 is 1.38 bits per heavy atom.